The van der Waals surface area contributed by atoms with Crippen molar-refractivity contribution in [2.24, 2.45) is 7.05 Å². The molecule has 0 aliphatic carbocycles. The summed E-state index contributed by atoms with van der Waals surface area (Å²) in [6, 6.07) is 10.1. The summed E-state index contributed by atoms with van der Waals surface area (Å²) in [6.45, 7) is 2.09. The summed E-state index contributed by atoms with van der Waals surface area (Å²) in [7, 11) is 3.67. The number of hydrogen-bond donors (Lipinski definition) is 1. The molecule has 9 heteroatoms. The number of benzene rings is 1. The van der Waals surface area contributed by atoms with Crippen molar-refractivity contribution in [2.75, 3.05) is 13.7 Å². The molecule has 1 N–H and O–H groups in total. The fourth-order valence-corrected chi connectivity index (χ4v) is 5.71. The maximum Gasteiger partial charge on any atom is 0.291 e. The highest BCUT2D eigenvalue weighted by atomic mass is 32.2. The minimum atomic E-state index is -0.0628. The van der Waals surface area contributed by atoms with Gasteiger partial charge in [0.15, 0.2) is 0 Å². The van der Waals surface area contributed by atoms with E-state index >= 15 is 0 Å². The van der Waals surface area contributed by atoms with Gasteiger partial charge in [0, 0.05) is 47.3 Å². The number of aromatic amines is 1. The van der Waals surface area contributed by atoms with E-state index < -0.39 is 0 Å². The quantitative estimate of drug-likeness (QED) is 0.393. The summed E-state index contributed by atoms with van der Waals surface area (Å²) in [5.74, 6) is 0.854. The van der Waals surface area contributed by atoms with Crippen LogP contribution in [0.1, 0.15) is 16.8 Å². The Morgan fingerprint density at radius 3 is 2.82 bits per heavy atom. The number of nitrogens with zero attached hydrogens (tertiary/aromatic N) is 5. The largest absolute Gasteiger partial charge is 0.497 e. The summed E-state index contributed by atoms with van der Waals surface area (Å²) in [5.41, 5.74) is 5.05. The average molecular weight is 473 g/mol. The Balaban J connectivity index is 1.31. The zero-order chi connectivity index (χ0) is 23.2. The normalized spacial score (nSPS) is 14.1. The standard InChI is InChI=1S/C25H24N6O2S/c1-29-23-15-30(34-18-5-3-17(33-2)4-6-18)10-8-20(23)21-12-28-31(25(32)24(21)29)14-16-11-27-22-13-26-9-7-19(16)22/h3-7,9,11-13,27H,8,10,14-15H2,1-2H3. The van der Waals surface area contributed by atoms with Gasteiger partial charge < -0.3 is 14.3 Å². The molecule has 0 radical (unpaired) electrons. The van der Waals surface area contributed by atoms with E-state index in [1.165, 1.54) is 16.2 Å². The van der Waals surface area contributed by atoms with Crippen LogP contribution in [-0.2, 0) is 26.6 Å². The van der Waals surface area contributed by atoms with Crippen LogP contribution in [-0.4, -0.2) is 42.3 Å². The molecule has 34 heavy (non-hydrogen) atoms. The highest BCUT2D eigenvalue weighted by molar-refractivity contribution is 7.97. The van der Waals surface area contributed by atoms with Crippen molar-refractivity contribution in [3.05, 3.63) is 82.3 Å². The van der Waals surface area contributed by atoms with Gasteiger partial charge in [0.25, 0.3) is 5.56 Å². The number of ether oxygens (including phenoxy) is 1. The predicted octanol–water partition coefficient (Wildman–Crippen LogP) is 3.73. The van der Waals surface area contributed by atoms with Crippen molar-refractivity contribution in [2.45, 2.75) is 24.4 Å². The Kier molecular flexibility index (Phi) is 5.15. The van der Waals surface area contributed by atoms with Gasteiger partial charge in [-0.05, 0) is 59.8 Å². The van der Waals surface area contributed by atoms with E-state index in [1.807, 2.05) is 37.6 Å². The molecule has 6 rings (SSSR count). The molecule has 5 aromatic rings. The third kappa shape index (κ3) is 3.48. The van der Waals surface area contributed by atoms with Crippen LogP contribution in [0.25, 0.3) is 21.8 Å². The maximum absolute atomic E-state index is 13.5. The first-order valence-electron chi connectivity index (χ1n) is 11.2. The van der Waals surface area contributed by atoms with Crippen LogP contribution >= 0.6 is 11.9 Å². The molecule has 0 bridgehead atoms. The number of nitrogens with one attached hydrogen (secondary N) is 1. The fourth-order valence-electron chi connectivity index (χ4n) is 4.78. The first-order chi connectivity index (χ1) is 16.6. The molecule has 0 saturated carbocycles. The van der Waals surface area contributed by atoms with Gasteiger partial charge in [0.05, 0.1) is 38.1 Å². The average Bonchev–Trinajstić information content (AvgIpc) is 3.40. The molecule has 8 nitrogen and oxygen atoms in total. The molecule has 0 atom stereocenters. The Morgan fingerprint density at radius 2 is 2.00 bits per heavy atom. The molecule has 1 aromatic carbocycles. The first kappa shape index (κ1) is 21.0. The van der Waals surface area contributed by atoms with Crippen LogP contribution in [0.4, 0.5) is 0 Å². The molecular weight excluding hydrogens is 448 g/mol. The predicted molar refractivity (Wildman–Crippen MR) is 133 cm³/mol. The van der Waals surface area contributed by atoms with Crippen LogP contribution in [0.2, 0.25) is 0 Å². The van der Waals surface area contributed by atoms with Crippen molar-refractivity contribution in [1.29, 1.82) is 0 Å². The van der Waals surface area contributed by atoms with Gasteiger partial charge >= 0.3 is 0 Å². The van der Waals surface area contributed by atoms with Crippen molar-refractivity contribution >= 4 is 33.8 Å². The van der Waals surface area contributed by atoms with Gasteiger partial charge in [0.2, 0.25) is 0 Å². The zero-order valence-corrected chi connectivity index (χ0v) is 19.8. The number of hydrogen-bond acceptors (Lipinski definition) is 6. The summed E-state index contributed by atoms with van der Waals surface area (Å²) < 4.78 is 11.2. The second-order valence-corrected chi connectivity index (χ2v) is 9.64. The van der Waals surface area contributed by atoms with Gasteiger partial charge in [-0.15, -0.1) is 0 Å². The highest BCUT2D eigenvalue weighted by Gasteiger charge is 2.25. The van der Waals surface area contributed by atoms with Crippen LogP contribution in [0.15, 0.2) is 64.8 Å². The lowest BCUT2D eigenvalue weighted by atomic mass is 10.1. The van der Waals surface area contributed by atoms with Crippen molar-refractivity contribution in [3.63, 3.8) is 0 Å². The van der Waals surface area contributed by atoms with E-state index in [9.17, 15) is 4.79 Å². The van der Waals surface area contributed by atoms with E-state index in [2.05, 4.69) is 36.1 Å². The Bertz CT molecular complexity index is 1570. The number of pyridine rings is 1. The van der Waals surface area contributed by atoms with Gasteiger partial charge in [-0.3, -0.25) is 9.78 Å². The van der Waals surface area contributed by atoms with E-state index in [-0.39, 0.29) is 5.56 Å². The molecule has 0 unspecified atom stereocenters. The molecule has 0 spiro atoms. The first-order valence-corrected chi connectivity index (χ1v) is 11.9. The molecule has 0 amide bonds. The van der Waals surface area contributed by atoms with Crippen molar-refractivity contribution in [1.82, 2.24) is 28.6 Å². The Labute approximate surface area is 200 Å². The number of rotatable bonds is 5. The lowest BCUT2D eigenvalue weighted by molar-refractivity contribution is 0.414. The van der Waals surface area contributed by atoms with Crippen LogP contribution < -0.4 is 10.3 Å². The topological polar surface area (TPSA) is 81.0 Å². The third-order valence-corrected chi connectivity index (χ3v) is 7.61. The fraction of sp³-hybridized carbons (Fsp3) is 0.240. The molecule has 0 saturated heterocycles. The van der Waals surface area contributed by atoms with Gasteiger partial charge in [-0.2, -0.15) is 5.10 Å². The lowest BCUT2D eigenvalue weighted by Gasteiger charge is -2.26. The lowest BCUT2D eigenvalue weighted by Crippen LogP contribution is -2.26. The Morgan fingerprint density at radius 1 is 1.15 bits per heavy atom. The number of methoxy groups -OCH3 is 1. The number of aryl methyl sites for hydroxylation is 1. The molecule has 0 fully saturated rings. The van der Waals surface area contributed by atoms with Crippen LogP contribution in [0.3, 0.4) is 0 Å². The second-order valence-electron chi connectivity index (χ2n) is 8.47. The van der Waals surface area contributed by atoms with Gasteiger partial charge in [0.1, 0.15) is 11.3 Å². The van der Waals surface area contributed by atoms with E-state index in [0.717, 1.165) is 52.6 Å². The SMILES string of the molecule is COc1ccc(SN2CCc3c(n(C)c4c(=O)n(Cc5c[nH]c6cnccc56)ncc34)C2)cc1. The third-order valence-electron chi connectivity index (χ3n) is 6.55. The Hall–Kier alpha value is -3.56. The molecule has 172 valence electrons. The van der Waals surface area contributed by atoms with Crippen molar-refractivity contribution in [3.8, 4) is 5.75 Å². The zero-order valence-electron chi connectivity index (χ0n) is 19.0. The molecule has 1 aliphatic rings. The second kappa shape index (κ2) is 8.34. The highest BCUT2D eigenvalue weighted by Crippen LogP contribution is 2.33. The van der Waals surface area contributed by atoms with Crippen LogP contribution in [0.5, 0.6) is 5.75 Å². The summed E-state index contributed by atoms with van der Waals surface area (Å²) in [4.78, 5) is 22.0. The minimum Gasteiger partial charge on any atom is -0.497 e. The van der Waals surface area contributed by atoms with E-state index in [0.29, 0.717) is 6.54 Å². The molecule has 5 heterocycles. The summed E-state index contributed by atoms with van der Waals surface area (Å²) in [5, 5.41) is 6.57. The van der Waals surface area contributed by atoms with E-state index in [1.54, 1.807) is 36.1 Å². The molecule has 4 aromatic heterocycles. The number of aromatic nitrogens is 5. The van der Waals surface area contributed by atoms with E-state index in [4.69, 9.17) is 4.74 Å². The number of H-pyrrole nitrogens is 1. The summed E-state index contributed by atoms with van der Waals surface area (Å²) in [6.07, 6.45) is 8.23. The monoisotopic (exact) mass is 472 g/mol. The maximum atomic E-state index is 13.5. The smallest absolute Gasteiger partial charge is 0.291 e. The van der Waals surface area contributed by atoms with Gasteiger partial charge in [-0.25, -0.2) is 8.99 Å². The minimum absolute atomic E-state index is 0.0628. The van der Waals surface area contributed by atoms with Crippen LogP contribution in [0, 0.1) is 0 Å². The molecule has 1 aliphatic heterocycles. The van der Waals surface area contributed by atoms with Crippen molar-refractivity contribution < 1.29 is 4.74 Å². The van der Waals surface area contributed by atoms with Gasteiger partial charge in [-0.1, -0.05) is 0 Å². The molecular formula is C25H24N6O2S. The number of fused-ring (bicyclic) bond motifs is 4. The summed E-state index contributed by atoms with van der Waals surface area (Å²) >= 11 is 1.73.